The van der Waals surface area contributed by atoms with E-state index in [-0.39, 0.29) is 48.8 Å². The van der Waals surface area contributed by atoms with Crippen LogP contribution in [0.4, 0.5) is 0 Å². The lowest BCUT2D eigenvalue weighted by Gasteiger charge is -2.42. The summed E-state index contributed by atoms with van der Waals surface area (Å²) in [7, 11) is 0. The zero-order valence-electron chi connectivity index (χ0n) is 13.6. The molecule has 3 N–H and O–H groups in total. The third-order valence-corrected chi connectivity index (χ3v) is 5.55. The summed E-state index contributed by atoms with van der Waals surface area (Å²) in [6.45, 7) is 3.52. The highest BCUT2D eigenvalue weighted by atomic mass is 16.3. The minimum Gasteiger partial charge on any atom is -0.396 e. The Morgan fingerprint density at radius 1 is 1.22 bits per heavy atom. The van der Waals surface area contributed by atoms with Gasteiger partial charge in [-0.1, -0.05) is 0 Å². The van der Waals surface area contributed by atoms with Crippen molar-refractivity contribution in [2.24, 2.45) is 11.8 Å². The van der Waals surface area contributed by atoms with Crippen LogP contribution in [0.1, 0.15) is 33.1 Å². The molecule has 7 heteroatoms. The standard InChI is InChI=1S/C16H25N3O4/c1-8-13(21)6-17-9(2)18-14-10(7-20)5-11-3-4-12(15(8)22)19(11)16(14)23/h8-12,14,17-18,20H,3-7H2,1-2H3/t8?,9?,10-,11-,12+,14+/m1/s1. The van der Waals surface area contributed by atoms with Crippen molar-refractivity contribution in [1.29, 1.82) is 0 Å². The Balaban J connectivity index is 1.96. The molecule has 0 aliphatic carbocycles. The second-order valence-electron chi connectivity index (χ2n) is 7.01. The largest absolute Gasteiger partial charge is 0.396 e. The molecule has 0 radical (unpaired) electrons. The fourth-order valence-electron chi connectivity index (χ4n) is 4.14. The first kappa shape index (κ1) is 16.5. The van der Waals surface area contributed by atoms with Crippen LogP contribution in [0, 0.1) is 11.8 Å². The quantitative estimate of drug-likeness (QED) is 0.538. The molecule has 3 heterocycles. The number of aliphatic hydroxyl groups excluding tert-OH is 1. The van der Waals surface area contributed by atoms with E-state index in [9.17, 15) is 19.5 Å². The summed E-state index contributed by atoms with van der Waals surface area (Å²) in [5, 5.41) is 15.9. The Morgan fingerprint density at radius 2 is 1.96 bits per heavy atom. The number of ketones is 2. The van der Waals surface area contributed by atoms with Crippen molar-refractivity contribution in [1.82, 2.24) is 15.5 Å². The van der Waals surface area contributed by atoms with Gasteiger partial charge in [0.05, 0.1) is 30.7 Å². The minimum absolute atomic E-state index is 0.00188. The molecule has 0 aromatic heterocycles. The van der Waals surface area contributed by atoms with Gasteiger partial charge in [0.2, 0.25) is 5.91 Å². The lowest BCUT2D eigenvalue weighted by molar-refractivity contribution is -0.149. The SMILES string of the molecule is CC1NCC(=O)C(C)C(=O)[C@@H]2CC[C@@H]3C[C@H](CO)[C@H](N1)C(=O)N32. The minimum atomic E-state index is -0.696. The van der Waals surface area contributed by atoms with Crippen LogP contribution < -0.4 is 10.6 Å². The number of hydrogen-bond acceptors (Lipinski definition) is 6. The number of rotatable bonds is 1. The van der Waals surface area contributed by atoms with Crippen LogP contribution in [0.2, 0.25) is 0 Å². The molecule has 3 aliphatic heterocycles. The van der Waals surface area contributed by atoms with Crippen LogP contribution in [-0.4, -0.2) is 64.9 Å². The molecular weight excluding hydrogens is 298 g/mol. The lowest BCUT2D eigenvalue weighted by atomic mass is 9.86. The summed E-state index contributed by atoms with van der Waals surface area (Å²) in [5.41, 5.74) is 0. The highest BCUT2D eigenvalue weighted by Gasteiger charge is 2.50. The van der Waals surface area contributed by atoms with Crippen molar-refractivity contribution in [2.45, 2.75) is 57.4 Å². The van der Waals surface area contributed by atoms with Gasteiger partial charge in [0.1, 0.15) is 0 Å². The second-order valence-corrected chi connectivity index (χ2v) is 7.01. The van der Waals surface area contributed by atoms with Gasteiger partial charge in [-0.3, -0.25) is 25.0 Å². The number of aliphatic hydroxyl groups is 1. The van der Waals surface area contributed by atoms with Gasteiger partial charge in [-0.05, 0) is 33.1 Å². The summed E-state index contributed by atoms with van der Waals surface area (Å²) in [6, 6.07) is -1.02. The van der Waals surface area contributed by atoms with Crippen LogP contribution in [0.25, 0.3) is 0 Å². The predicted molar refractivity (Wildman–Crippen MR) is 82.4 cm³/mol. The topological polar surface area (TPSA) is 98.7 Å². The first-order valence-corrected chi connectivity index (χ1v) is 8.43. The molecule has 3 fully saturated rings. The van der Waals surface area contributed by atoms with E-state index in [2.05, 4.69) is 10.6 Å². The van der Waals surface area contributed by atoms with E-state index in [0.717, 1.165) is 6.42 Å². The molecule has 0 saturated carbocycles. The van der Waals surface area contributed by atoms with Crippen LogP contribution >= 0.6 is 0 Å². The molecule has 0 aromatic carbocycles. The number of carbonyl (C=O) groups excluding carboxylic acids is 3. The summed E-state index contributed by atoms with van der Waals surface area (Å²) < 4.78 is 0. The molecule has 1 amide bonds. The van der Waals surface area contributed by atoms with Gasteiger partial charge in [-0.25, -0.2) is 0 Å². The van der Waals surface area contributed by atoms with Crippen molar-refractivity contribution in [3.63, 3.8) is 0 Å². The van der Waals surface area contributed by atoms with Gasteiger partial charge in [0.15, 0.2) is 11.6 Å². The van der Waals surface area contributed by atoms with E-state index in [4.69, 9.17) is 0 Å². The fraction of sp³-hybridized carbons (Fsp3) is 0.812. The Labute approximate surface area is 135 Å². The van der Waals surface area contributed by atoms with Gasteiger partial charge in [-0.15, -0.1) is 0 Å². The summed E-state index contributed by atoms with van der Waals surface area (Å²) in [6.07, 6.45) is 1.82. The van der Waals surface area contributed by atoms with Crippen molar-refractivity contribution in [2.75, 3.05) is 13.2 Å². The second kappa shape index (κ2) is 6.30. The Hall–Kier alpha value is -1.31. The molecule has 3 saturated heterocycles. The maximum atomic E-state index is 13.0. The normalized spacial score (nSPS) is 41.9. The molecule has 23 heavy (non-hydrogen) atoms. The van der Waals surface area contributed by atoms with Crippen molar-refractivity contribution < 1.29 is 19.5 Å². The van der Waals surface area contributed by atoms with E-state index in [1.165, 1.54) is 0 Å². The van der Waals surface area contributed by atoms with Crippen LogP contribution in [0.5, 0.6) is 0 Å². The van der Waals surface area contributed by atoms with Gasteiger partial charge in [0, 0.05) is 18.6 Å². The molecule has 128 valence electrons. The number of Topliss-reactive ketones (excluding diaryl/α,β-unsaturated/α-hetero) is 2. The maximum absolute atomic E-state index is 13.0. The van der Waals surface area contributed by atoms with Crippen molar-refractivity contribution in [3.05, 3.63) is 0 Å². The number of fused-ring (bicyclic) bond motifs is 1. The Kier molecular flexibility index (Phi) is 4.53. The highest BCUT2D eigenvalue weighted by molar-refractivity contribution is 6.06. The molecule has 0 aromatic rings. The van der Waals surface area contributed by atoms with E-state index in [0.29, 0.717) is 12.8 Å². The van der Waals surface area contributed by atoms with Crippen molar-refractivity contribution in [3.8, 4) is 0 Å². The molecule has 6 atom stereocenters. The number of amides is 1. The first-order chi connectivity index (χ1) is 10.9. The number of hydrogen-bond donors (Lipinski definition) is 3. The van der Waals surface area contributed by atoms with Crippen LogP contribution in [0.3, 0.4) is 0 Å². The average Bonchev–Trinajstić information content (AvgIpc) is 2.96. The third-order valence-electron chi connectivity index (χ3n) is 5.55. The number of nitrogens with zero attached hydrogens (tertiary/aromatic N) is 1. The van der Waals surface area contributed by atoms with Gasteiger partial charge < -0.3 is 10.0 Å². The highest BCUT2D eigenvalue weighted by Crippen LogP contribution is 2.36. The van der Waals surface area contributed by atoms with E-state index >= 15 is 0 Å². The van der Waals surface area contributed by atoms with E-state index < -0.39 is 18.0 Å². The lowest BCUT2D eigenvalue weighted by Crippen LogP contribution is -2.63. The van der Waals surface area contributed by atoms with E-state index in [1.807, 2.05) is 6.92 Å². The molecular formula is C16H25N3O4. The average molecular weight is 323 g/mol. The van der Waals surface area contributed by atoms with Crippen LogP contribution in [-0.2, 0) is 14.4 Å². The maximum Gasteiger partial charge on any atom is 0.240 e. The molecule has 3 aliphatic rings. The number of nitrogens with one attached hydrogen (secondary N) is 2. The van der Waals surface area contributed by atoms with E-state index in [1.54, 1.807) is 11.8 Å². The summed E-state index contributed by atoms with van der Waals surface area (Å²) in [4.78, 5) is 39.6. The van der Waals surface area contributed by atoms with Crippen molar-refractivity contribution >= 4 is 17.5 Å². The predicted octanol–water partition coefficient (Wildman–Crippen LogP) is -0.960. The molecule has 3 rings (SSSR count). The molecule has 2 bridgehead atoms. The van der Waals surface area contributed by atoms with Crippen LogP contribution in [0.15, 0.2) is 0 Å². The first-order valence-electron chi connectivity index (χ1n) is 8.43. The van der Waals surface area contributed by atoms with Gasteiger partial charge in [-0.2, -0.15) is 0 Å². The monoisotopic (exact) mass is 323 g/mol. The number of carbonyl (C=O) groups is 3. The molecule has 0 spiro atoms. The summed E-state index contributed by atoms with van der Waals surface area (Å²) >= 11 is 0. The smallest absolute Gasteiger partial charge is 0.240 e. The molecule has 2 unspecified atom stereocenters. The third kappa shape index (κ3) is 2.81. The Bertz CT molecular complexity index is 523. The molecule has 7 nitrogen and oxygen atoms in total. The fourth-order valence-corrected chi connectivity index (χ4v) is 4.14. The van der Waals surface area contributed by atoms with Gasteiger partial charge in [0.25, 0.3) is 0 Å². The number of piperidine rings is 1. The Morgan fingerprint density at radius 3 is 2.65 bits per heavy atom. The summed E-state index contributed by atoms with van der Waals surface area (Å²) in [5.74, 6) is -1.26. The van der Waals surface area contributed by atoms with Gasteiger partial charge >= 0.3 is 0 Å². The zero-order valence-corrected chi connectivity index (χ0v) is 13.6. The zero-order chi connectivity index (χ0) is 16.7.